The Balaban J connectivity index is 1.71. The minimum Gasteiger partial charge on any atom is -0.395 e. The van der Waals surface area contributed by atoms with Gasteiger partial charge in [-0.3, -0.25) is 9.69 Å². The Labute approximate surface area is 145 Å². The van der Waals surface area contributed by atoms with E-state index < -0.39 is 0 Å². The summed E-state index contributed by atoms with van der Waals surface area (Å²) in [6.45, 7) is 8.98. The zero-order chi connectivity index (χ0) is 17.2. The molecule has 2 aliphatic heterocycles. The van der Waals surface area contributed by atoms with Crippen molar-refractivity contribution in [1.29, 1.82) is 0 Å². The maximum Gasteiger partial charge on any atom is 0.222 e. The summed E-state index contributed by atoms with van der Waals surface area (Å²) in [4.78, 5) is 16.5. The number of benzene rings is 1. The second kappa shape index (κ2) is 7.24. The van der Waals surface area contributed by atoms with Crippen LogP contribution in [0.2, 0.25) is 0 Å². The lowest BCUT2D eigenvalue weighted by Crippen LogP contribution is -2.54. The largest absolute Gasteiger partial charge is 0.395 e. The number of carbonyl (C=O) groups excluding carboxylic acids is 1. The van der Waals surface area contributed by atoms with E-state index in [0.29, 0.717) is 13.0 Å². The molecule has 4 nitrogen and oxygen atoms in total. The molecule has 0 unspecified atom stereocenters. The highest BCUT2D eigenvalue weighted by Crippen LogP contribution is 2.39. The van der Waals surface area contributed by atoms with Crippen LogP contribution in [0.4, 0.5) is 0 Å². The van der Waals surface area contributed by atoms with Crippen molar-refractivity contribution in [3.05, 3.63) is 34.9 Å². The van der Waals surface area contributed by atoms with E-state index in [1.807, 2.05) is 4.90 Å². The van der Waals surface area contributed by atoms with E-state index in [0.717, 1.165) is 32.6 Å². The fraction of sp³-hybridized carbons (Fsp3) is 0.650. The zero-order valence-electron chi connectivity index (χ0n) is 15.1. The lowest BCUT2D eigenvalue weighted by Gasteiger charge is -2.48. The molecule has 2 aliphatic rings. The fourth-order valence-corrected chi connectivity index (χ4v) is 4.53. The van der Waals surface area contributed by atoms with Crippen LogP contribution >= 0.6 is 0 Å². The average Bonchev–Trinajstić information content (AvgIpc) is 2.55. The van der Waals surface area contributed by atoms with Crippen molar-refractivity contribution in [2.24, 2.45) is 5.41 Å². The number of likely N-dealkylation sites (tertiary alicyclic amines) is 2. The van der Waals surface area contributed by atoms with Crippen molar-refractivity contribution in [2.75, 3.05) is 32.8 Å². The molecule has 0 radical (unpaired) electrons. The Kier molecular flexibility index (Phi) is 5.26. The normalized spacial score (nSPS) is 25.5. The van der Waals surface area contributed by atoms with E-state index in [9.17, 15) is 9.90 Å². The molecule has 1 aromatic carbocycles. The summed E-state index contributed by atoms with van der Waals surface area (Å²) in [5.74, 6) is 0.210. The molecular weight excluding hydrogens is 300 g/mol. The van der Waals surface area contributed by atoms with E-state index in [4.69, 9.17) is 0 Å². The maximum absolute atomic E-state index is 12.1. The van der Waals surface area contributed by atoms with Crippen LogP contribution in [0.5, 0.6) is 0 Å². The van der Waals surface area contributed by atoms with Crippen LogP contribution in [0.15, 0.2) is 18.2 Å². The Morgan fingerprint density at radius 2 is 1.92 bits per heavy atom. The van der Waals surface area contributed by atoms with Crippen LogP contribution in [-0.4, -0.2) is 53.6 Å². The molecular formula is C20H30N2O2. The van der Waals surface area contributed by atoms with Gasteiger partial charge < -0.3 is 10.0 Å². The highest BCUT2D eigenvalue weighted by molar-refractivity contribution is 5.77. The molecule has 2 heterocycles. The number of hydrogen-bond donors (Lipinski definition) is 1. The van der Waals surface area contributed by atoms with Gasteiger partial charge in [-0.2, -0.15) is 0 Å². The van der Waals surface area contributed by atoms with Crippen LogP contribution < -0.4 is 0 Å². The Hall–Kier alpha value is -1.39. The quantitative estimate of drug-likeness (QED) is 0.922. The number of hydrogen-bond acceptors (Lipinski definition) is 3. The Bertz CT molecular complexity index is 581. The first kappa shape index (κ1) is 17.4. The number of aryl methyl sites for hydroxylation is 2. The number of rotatable bonds is 4. The zero-order valence-corrected chi connectivity index (χ0v) is 15.1. The van der Waals surface area contributed by atoms with Gasteiger partial charge in [0.1, 0.15) is 0 Å². The number of nitrogens with zero attached hydrogens (tertiary/aromatic N) is 2. The molecule has 132 valence electrons. The van der Waals surface area contributed by atoms with Gasteiger partial charge in [-0.1, -0.05) is 18.2 Å². The third-order valence-electron chi connectivity index (χ3n) is 5.88. The number of carbonyl (C=O) groups is 1. The van der Waals surface area contributed by atoms with Crippen molar-refractivity contribution in [1.82, 2.24) is 9.80 Å². The van der Waals surface area contributed by atoms with Crippen molar-refractivity contribution < 1.29 is 9.90 Å². The van der Waals surface area contributed by atoms with E-state index in [1.54, 1.807) is 0 Å². The molecule has 0 aliphatic carbocycles. The summed E-state index contributed by atoms with van der Waals surface area (Å²) in [5, 5.41) is 9.23. The van der Waals surface area contributed by atoms with E-state index >= 15 is 0 Å². The molecule has 4 heteroatoms. The number of amides is 1. The number of piperidine rings is 2. The second-order valence-electron chi connectivity index (χ2n) is 7.72. The van der Waals surface area contributed by atoms with Gasteiger partial charge in [0.2, 0.25) is 5.91 Å². The summed E-state index contributed by atoms with van der Waals surface area (Å²) in [6, 6.07) is 6.53. The minimum atomic E-state index is 0.0634. The van der Waals surface area contributed by atoms with Crippen molar-refractivity contribution in [3.8, 4) is 0 Å². The maximum atomic E-state index is 12.1. The first-order chi connectivity index (χ1) is 11.5. The molecule has 0 aromatic heterocycles. The van der Waals surface area contributed by atoms with Crippen LogP contribution in [0.3, 0.4) is 0 Å². The van der Waals surface area contributed by atoms with Crippen molar-refractivity contribution in [2.45, 2.75) is 46.1 Å². The summed E-state index contributed by atoms with van der Waals surface area (Å²) < 4.78 is 0. The van der Waals surface area contributed by atoms with Crippen LogP contribution in [0.25, 0.3) is 0 Å². The monoisotopic (exact) mass is 330 g/mol. The van der Waals surface area contributed by atoms with E-state index in [2.05, 4.69) is 36.9 Å². The molecule has 1 atom stereocenters. The standard InChI is InChI=1S/C20H30N2O2/c1-16-5-3-6-17(2)18(16)13-21-10-4-8-20(14-21)9-7-19(24)22(15-20)11-12-23/h3,5-6,23H,4,7-15H2,1-2H3/t20-/m1/s1. The first-order valence-electron chi connectivity index (χ1n) is 9.19. The molecule has 1 spiro atoms. The lowest BCUT2D eigenvalue weighted by molar-refractivity contribution is -0.140. The lowest BCUT2D eigenvalue weighted by atomic mass is 9.73. The van der Waals surface area contributed by atoms with Crippen molar-refractivity contribution >= 4 is 5.91 Å². The molecule has 0 bridgehead atoms. The highest BCUT2D eigenvalue weighted by atomic mass is 16.3. The molecule has 0 saturated carbocycles. The number of aliphatic hydroxyl groups is 1. The predicted molar refractivity (Wildman–Crippen MR) is 95.8 cm³/mol. The van der Waals surface area contributed by atoms with Crippen LogP contribution in [-0.2, 0) is 11.3 Å². The van der Waals surface area contributed by atoms with Gasteiger partial charge >= 0.3 is 0 Å². The number of β-amino-alcohol motifs (C(OH)–C–C–N with tert-alkyl or cyclic N) is 1. The van der Waals surface area contributed by atoms with Gasteiger partial charge in [0.25, 0.3) is 0 Å². The molecule has 1 N–H and O–H groups in total. The molecule has 24 heavy (non-hydrogen) atoms. The fourth-order valence-electron chi connectivity index (χ4n) is 4.53. The van der Waals surface area contributed by atoms with Gasteiger partial charge in [-0.15, -0.1) is 0 Å². The van der Waals surface area contributed by atoms with Gasteiger partial charge in [0.05, 0.1) is 6.61 Å². The topological polar surface area (TPSA) is 43.8 Å². The summed E-state index contributed by atoms with van der Waals surface area (Å²) in [5.41, 5.74) is 4.41. The Morgan fingerprint density at radius 1 is 1.17 bits per heavy atom. The summed E-state index contributed by atoms with van der Waals surface area (Å²) >= 11 is 0. The summed E-state index contributed by atoms with van der Waals surface area (Å²) in [6.07, 6.45) is 4.03. The number of aliphatic hydroxyl groups excluding tert-OH is 1. The second-order valence-corrected chi connectivity index (χ2v) is 7.72. The van der Waals surface area contributed by atoms with Gasteiger partial charge in [0.15, 0.2) is 0 Å². The van der Waals surface area contributed by atoms with Gasteiger partial charge in [-0.05, 0) is 56.3 Å². The molecule has 2 fully saturated rings. The highest BCUT2D eigenvalue weighted by Gasteiger charge is 2.41. The van der Waals surface area contributed by atoms with Crippen molar-refractivity contribution in [3.63, 3.8) is 0 Å². The molecule has 1 aromatic rings. The van der Waals surface area contributed by atoms with Crippen LogP contribution in [0.1, 0.15) is 42.4 Å². The summed E-state index contributed by atoms with van der Waals surface area (Å²) in [7, 11) is 0. The smallest absolute Gasteiger partial charge is 0.222 e. The minimum absolute atomic E-state index is 0.0634. The van der Waals surface area contributed by atoms with E-state index in [-0.39, 0.29) is 17.9 Å². The van der Waals surface area contributed by atoms with Crippen LogP contribution in [0, 0.1) is 19.3 Å². The SMILES string of the molecule is Cc1cccc(C)c1CN1CCC[C@@]2(CCC(=O)N(CCO)C2)C1. The predicted octanol–water partition coefficient (Wildman–Crippen LogP) is 2.50. The third kappa shape index (κ3) is 3.65. The molecule has 2 saturated heterocycles. The average molecular weight is 330 g/mol. The third-order valence-corrected chi connectivity index (χ3v) is 5.88. The molecule has 3 rings (SSSR count). The van der Waals surface area contributed by atoms with Gasteiger partial charge in [0, 0.05) is 38.0 Å². The van der Waals surface area contributed by atoms with E-state index in [1.165, 1.54) is 29.5 Å². The first-order valence-corrected chi connectivity index (χ1v) is 9.19. The Morgan fingerprint density at radius 3 is 2.62 bits per heavy atom. The molecule has 1 amide bonds. The van der Waals surface area contributed by atoms with Gasteiger partial charge in [-0.25, -0.2) is 0 Å².